The Bertz CT molecular complexity index is 976. The Morgan fingerprint density at radius 1 is 1.13 bits per heavy atom. The number of alkyl halides is 1. The lowest BCUT2D eigenvalue weighted by molar-refractivity contribution is -0.120. The maximum atomic E-state index is 14.6. The van der Waals surface area contributed by atoms with E-state index in [1.54, 1.807) is 0 Å². The number of halogens is 1. The first-order valence-electron chi connectivity index (χ1n) is 10.9. The Kier molecular flexibility index (Phi) is 6.48. The van der Waals surface area contributed by atoms with Gasteiger partial charge in [0.25, 0.3) is 0 Å². The summed E-state index contributed by atoms with van der Waals surface area (Å²) in [6.45, 7) is 4.84. The summed E-state index contributed by atoms with van der Waals surface area (Å²) in [6, 6.07) is 18.3. The van der Waals surface area contributed by atoms with Crippen LogP contribution in [-0.4, -0.2) is 41.6 Å². The number of rotatable bonds is 7. The van der Waals surface area contributed by atoms with E-state index in [2.05, 4.69) is 39.2 Å². The zero-order valence-electron chi connectivity index (χ0n) is 17.6. The van der Waals surface area contributed by atoms with Crippen molar-refractivity contribution in [2.75, 3.05) is 26.2 Å². The summed E-state index contributed by atoms with van der Waals surface area (Å²) in [7, 11) is 0. The van der Waals surface area contributed by atoms with Crippen molar-refractivity contribution in [2.24, 2.45) is 0 Å². The van der Waals surface area contributed by atoms with Crippen LogP contribution in [0.5, 0.6) is 0 Å². The molecule has 0 bridgehead atoms. The quantitative estimate of drug-likeness (QED) is 0.618. The second-order valence-electron chi connectivity index (χ2n) is 8.16. The molecule has 1 N–H and O–H groups in total. The highest BCUT2D eigenvalue weighted by atomic mass is 19.1. The van der Waals surface area contributed by atoms with Crippen LogP contribution in [0, 0.1) is 0 Å². The van der Waals surface area contributed by atoms with Crippen molar-refractivity contribution in [3.63, 3.8) is 0 Å². The molecular weight excluding hydrogens is 377 g/mol. The summed E-state index contributed by atoms with van der Waals surface area (Å²) in [6.07, 6.45) is 3.64. The van der Waals surface area contributed by atoms with Gasteiger partial charge in [0.05, 0.1) is 6.42 Å². The van der Waals surface area contributed by atoms with Gasteiger partial charge in [-0.05, 0) is 48.4 Å². The van der Waals surface area contributed by atoms with Gasteiger partial charge in [-0.15, -0.1) is 0 Å². The van der Waals surface area contributed by atoms with Crippen LogP contribution in [-0.2, 0) is 11.2 Å². The van der Waals surface area contributed by atoms with Gasteiger partial charge in [-0.3, -0.25) is 9.69 Å². The Morgan fingerprint density at radius 2 is 1.90 bits per heavy atom. The van der Waals surface area contributed by atoms with Gasteiger partial charge in [-0.1, -0.05) is 42.5 Å². The molecule has 0 spiro atoms. The Balaban J connectivity index is 1.40. The molecule has 3 aromatic rings. The largest absolute Gasteiger partial charge is 0.356 e. The molecule has 0 radical (unpaired) electrons. The lowest BCUT2D eigenvalue weighted by atomic mass is 10.0. The first-order chi connectivity index (χ1) is 14.6. The molecule has 1 aliphatic heterocycles. The van der Waals surface area contributed by atoms with Gasteiger partial charge in [0.2, 0.25) is 5.91 Å². The van der Waals surface area contributed by atoms with E-state index in [9.17, 15) is 9.18 Å². The van der Waals surface area contributed by atoms with Crippen molar-refractivity contribution < 1.29 is 9.18 Å². The molecule has 158 valence electrons. The molecule has 30 heavy (non-hydrogen) atoms. The molecule has 4 rings (SSSR count). The van der Waals surface area contributed by atoms with Crippen molar-refractivity contribution in [1.82, 2.24) is 14.8 Å². The Labute approximate surface area is 177 Å². The van der Waals surface area contributed by atoms with Crippen molar-refractivity contribution in [1.29, 1.82) is 0 Å². The molecule has 1 fully saturated rings. The lowest BCUT2D eigenvalue weighted by Crippen LogP contribution is -2.36. The molecule has 1 atom stereocenters. The monoisotopic (exact) mass is 407 g/mol. The van der Waals surface area contributed by atoms with E-state index < -0.39 is 6.17 Å². The molecule has 1 aliphatic rings. The van der Waals surface area contributed by atoms with E-state index in [0.29, 0.717) is 25.6 Å². The van der Waals surface area contributed by atoms with Gasteiger partial charge < -0.3 is 9.88 Å². The number of nitrogens with zero attached hydrogens (tertiary/aromatic N) is 2. The summed E-state index contributed by atoms with van der Waals surface area (Å²) < 4.78 is 17.0. The Hall–Kier alpha value is -2.66. The maximum Gasteiger partial charge on any atom is 0.224 e. The van der Waals surface area contributed by atoms with Crippen LogP contribution in [0.3, 0.4) is 0 Å². The maximum absolute atomic E-state index is 14.6. The fourth-order valence-corrected chi connectivity index (χ4v) is 4.44. The zero-order valence-corrected chi connectivity index (χ0v) is 17.6. The third-order valence-electron chi connectivity index (χ3n) is 6.06. The average Bonchev–Trinajstić information content (AvgIpc) is 3.18. The van der Waals surface area contributed by atoms with E-state index in [-0.39, 0.29) is 5.91 Å². The fourth-order valence-electron chi connectivity index (χ4n) is 4.44. The predicted molar refractivity (Wildman–Crippen MR) is 119 cm³/mol. The van der Waals surface area contributed by atoms with E-state index in [0.717, 1.165) is 37.1 Å². The molecular formula is C25H30FN3O. The summed E-state index contributed by atoms with van der Waals surface area (Å²) in [5.41, 5.74) is 2.98. The van der Waals surface area contributed by atoms with Gasteiger partial charge in [0, 0.05) is 43.9 Å². The number of likely N-dealkylation sites (tertiary alicyclic amines) is 1. The topological polar surface area (TPSA) is 37.3 Å². The van der Waals surface area contributed by atoms with Crippen LogP contribution >= 0.6 is 0 Å². The number of aromatic nitrogens is 1. The number of piperidine rings is 1. The zero-order chi connectivity index (χ0) is 20.9. The first kappa shape index (κ1) is 20.6. The summed E-state index contributed by atoms with van der Waals surface area (Å²) in [4.78, 5) is 14.2. The lowest BCUT2D eigenvalue weighted by Gasteiger charge is -2.34. The Morgan fingerprint density at radius 3 is 2.63 bits per heavy atom. The molecule has 0 saturated carbocycles. The number of hydrogen-bond acceptors (Lipinski definition) is 2. The molecule has 4 nitrogen and oxygen atoms in total. The van der Waals surface area contributed by atoms with E-state index in [1.807, 2.05) is 43.3 Å². The second-order valence-corrected chi connectivity index (χ2v) is 8.16. The van der Waals surface area contributed by atoms with Crippen molar-refractivity contribution >= 4 is 16.8 Å². The number of benzene rings is 2. The van der Waals surface area contributed by atoms with Gasteiger partial charge in [-0.2, -0.15) is 0 Å². The standard InChI is InChI=1S/C25H30FN3O/c1-2-27-25(30)17-19-8-9-21-10-15-29(24(21)16-19)22-11-13-28(14-12-22)18-23(26)20-6-4-3-5-7-20/h3-10,15-16,22-23H,2,11-14,17-18H2,1H3,(H,27,30). The first-order valence-corrected chi connectivity index (χ1v) is 10.9. The van der Waals surface area contributed by atoms with E-state index in [4.69, 9.17) is 0 Å². The van der Waals surface area contributed by atoms with Crippen LogP contribution in [0.25, 0.3) is 10.9 Å². The number of carbonyl (C=O) groups is 1. The number of fused-ring (bicyclic) bond motifs is 1. The molecule has 1 aromatic heterocycles. The molecule has 1 unspecified atom stereocenters. The van der Waals surface area contributed by atoms with Gasteiger partial charge in [0.1, 0.15) is 6.17 Å². The summed E-state index contributed by atoms with van der Waals surface area (Å²) >= 11 is 0. The molecule has 0 aliphatic carbocycles. The van der Waals surface area contributed by atoms with Crippen molar-refractivity contribution in [3.05, 3.63) is 71.9 Å². The molecule has 2 aromatic carbocycles. The molecule has 1 saturated heterocycles. The highest BCUT2D eigenvalue weighted by molar-refractivity contribution is 5.84. The van der Waals surface area contributed by atoms with E-state index >= 15 is 0 Å². The van der Waals surface area contributed by atoms with Crippen LogP contribution in [0.4, 0.5) is 4.39 Å². The van der Waals surface area contributed by atoms with Crippen molar-refractivity contribution in [2.45, 2.75) is 38.4 Å². The SMILES string of the molecule is CCNC(=O)Cc1ccc2ccn(C3CCN(CC(F)c4ccccc4)CC3)c2c1. The normalized spacial score (nSPS) is 16.6. The number of likely N-dealkylation sites (N-methyl/N-ethyl adjacent to an activating group) is 1. The number of nitrogens with one attached hydrogen (secondary N) is 1. The summed E-state index contributed by atoms with van der Waals surface area (Å²) in [5, 5.41) is 4.06. The highest BCUT2D eigenvalue weighted by Gasteiger charge is 2.24. The minimum absolute atomic E-state index is 0.0578. The smallest absolute Gasteiger partial charge is 0.224 e. The minimum atomic E-state index is -0.938. The predicted octanol–water partition coefficient (Wildman–Crippen LogP) is 4.67. The number of amides is 1. The minimum Gasteiger partial charge on any atom is -0.356 e. The van der Waals surface area contributed by atoms with Crippen LogP contribution in [0.15, 0.2) is 60.8 Å². The number of carbonyl (C=O) groups excluding carboxylic acids is 1. The van der Waals surface area contributed by atoms with Gasteiger partial charge in [0.15, 0.2) is 0 Å². The molecule has 5 heteroatoms. The molecule has 1 amide bonds. The van der Waals surface area contributed by atoms with Crippen molar-refractivity contribution in [3.8, 4) is 0 Å². The second kappa shape index (κ2) is 9.43. The van der Waals surface area contributed by atoms with Gasteiger partial charge >= 0.3 is 0 Å². The summed E-state index contributed by atoms with van der Waals surface area (Å²) in [5.74, 6) is 0.0578. The van der Waals surface area contributed by atoms with E-state index in [1.165, 1.54) is 10.9 Å². The van der Waals surface area contributed by atoms with Crippen LogP contribution in [0.1, 0.15) is 43.1 Å². The van der Waals surface area contributed by atoms with Crippen LogP contribution in [0.2, 0.25) is 0 Å². The molecule has 2 heterocycles. The highest BCUT2D eigenvalue weighted by Crippen LogP contribution is 2.30. The fraction of sp³-hybridized carbons (Fsp3) is 0.400. The number of hydrogen-bond donors (Lipinski definition) is 1. The van der Waals surface area contributed by atoms with Gasteiger partial charge in [-0.25, -0.2) is 4.39 Å². The third kappa shape index (κ3) is 4.73. The third-order valence-corrected chi connectivity index (χ3v) is 6.06. The van der Waals surface area contributed by atoms with Crippen LogP contribution < -0.4 is 5.32 Å². The average molecular weight is 408 g/mol.